The Morgan fingerprint density at radius 1 is 1.43 bits per heavy atom. The van der Waals surface area contributed by atoms with Gasteiger partial charge in [-0.2, -0.15) is 0 Å². The molecule has 3 rings (SSSR count). The van der Waals surface area contributed by atoms with E-state index in [1.165, 1.54) is 0 Å². The van der Waals surface area contributed by atoms with Crippen LogP contribution >= 0.6 is 24.0 Å². The first-order valence-electron chi connectivity index (χ1n) is 7.40. The van der Waals surface area contributed by atoms with Gasteiger partial charge in [0.25, 0.3) is 0 Å². The maximum atomic E-state index is 11.9. The highest BCUT2D eigenvalue weighted by atomic mass is 35.5. The van der Waals surface area contributed by atoms with Gasteiger partial charge in [-0.15, -0.1) is 12.4 Å². The highest BCUT2D eigenvalue weighted by Crippen LogP contribution is 2.39. The molecule has 0 saturated carbocycles. The van der Waals surface area contributed by atoms with Gasteiger partial charge in [-0.1, -0.05) is 11.6 Å². The third kappa shape index (κ3) is 4.20. The van der Waals surface area contributed by atoms with E-state index in [0.29, 0.717) is 41.8 Å². The summed E-state index contributed by atoms with van der Waals surface area (Å²) < 4.78 is 10.9. The molecule has 0 aliphatic carbocycles. The molecule has 0 radical (unpaired) electrons. The number of fused-ring (bicyclic) bond motifs is 1. The van der Waals surface area contributed by atoms with Crippen LogP contribution in [0.1, 0.15) is 18.1 Å². The first kappa shape index (κ1) is 18.1. The van der Waals surface area contributed by atoms with Crippen LogP contribution in [0, 0.1) is 5.92 Å². The van der Waals surface area contributed by atoms with Crippen LogP contribution in [-0.4, -0.2) is 43.9 Å². The molecular formula is C15H20Cl2N2O4. The van der Waals surface area contributed by atoms with E-state index in [9.17, 15) is 9.90 Å². The molecule has 0 bridgehead atoms. The molecule has 1 fully saturated rings. The Hall–Kier alpha value is -1.21. The van der Waals surface area contributed by atoms with Gasteiger partial charge in [-0.05, 0) is 30.7 Å². The normalized spacial score (nSPS) is 20.5. The molecule has 2 atom stereocenters. The van der Waals surface area contributed by atoms with E-state index in [-0.39, 0.29) is 30.8 Å². The number of hydrogen-bond acceptors (Lipinski definition) is 5. The van der Waals surface area contributed by atoms with Gasteiger partial charge < -0.3 is 25.2 Å². The molecule has 2 aliphatic rings. The first-order valence-corrected chi connectivity index (χ1v) is 7.78. The summed E-state index contributed by atoms with van der Waals surface area (Å²) in [5.41, 5.74) is 0.596. The molecule has 23 heavy (non-hydrogen) atoms. The van der Waals surface area contributed by atoms with E-state index in [1.807, 2.05) is 0 Å². The number of nitrogens with one attached hydrogen (secondary N) is 2. The zero-order chi connectivity index (χ0) is 15.5. The average Bonchev–Trinajstić information content (AvgIpc) is 3.06. The molecule has 1 aromatic carbocycles. The molecule has 0 aromatic heterocycles. The van der Waals surface area contributed by atoms with Crippen molar-refractivity contribution in [1.82, 2.24) is 10.6 Å². The number of aliphatic hydroxyl groups is 1. The minimum absolute atomic E-state index is 0. The van der Waals surface area contributed by atoms with E-state index in [4.69, 9.17) is 21.1 Å². The van der Waals surface area contributed by atoms with Gasteiger partial charge in [0.15, 0.2) is 11.5 Å². The quantitative estimate of drug-likeness (QED) is 0.751. The molecule has 6 nitrogen and oxygen atoms in total. The number of rotatable bonds is 4. The van der Waals surface area contributed by atoms with E-state index >= 15 is 0 Å². The van der Waals surface area contributed by atoms with Crippen LogP contribution in [0.4, 0.5) is 0 Å². The van der Waals surface area contributed by atoms with Crippen LogP contribution in [0.5, 0.6) is 11.5 Å². The molecule has 8 heteroatoms. The number of carbonyl (C=O) groups is 1. The maximum absolute atomic E-state index is 11.9. The fraction of sp³-hybridized carbons (Fsp3) is 0.533. The Bertz CT molecular complexity index is 565. The smallest absolute Gasteiger partial charge is 0.224 e. The maximum Gasteiger partial charge on any atom is 0.224 e. The monoisotopic (exact) mass is 362 g/mol. The van der Waals surface area contributed by atoms with E-state index < -0.39 is 6.10 Å². The number of halogens is 2. The van der Waals surface area contributed by atoms with E-state index in [2.05, 4.69) is 10.6 Å². The number of aliphatic hydroxyl groups excluding tert-OH is 1. The molecule has 3 N–H and O–H groups in total. The van der Waals surface area contributed by atoms with Crippen molar-refractivity contribution in [3.63, 3.8) is 0 Å². The lowest BCUT2D eigenvalue weighted by Crippen LogP contribution is -2.34. The summed E-state index contributed by atoms with van der Waals surface area (Å²) in [5, 5.41) is 16.6. The van der Waals surface area contributed by atoms with Crippen LogP contribution in [0.3, 0.4) is 0 Å². The second-order valence-corrected chi connectivity index (χ2v) is 5.88. The van der Waals surface area contributed by atoms with Gasteiger partial charge in [-0.25, -0.2) is 0 Å². The fourth-order valence-corrected chi connectivity index (χ4v) is 2.93. The summed E-state index contributed by atoms with van der Waals surface area (Å²) in [6.07, 6.45) is -0.00994. The second kappa shape index (κ2) is 8.06. The second-order valence-electron chi connectivity index (χ2n) is 5.48. The summed E-state index contributed by atoms with van der Waals surface area (Å²) in [5.74, 6) is 0.979. The fourth-order valence-electron chi connectivity index (χ4n) is 2.66. The Kier molecular flexibility index (Phi) is 6.35. The predicted molar refractivity (Wildman–Crippen MR) is 88.6 cm³/mol. The number of carbonyl (C=O) groups excluding carboxylic acids is 1. The largest absolute Gasteiger partial charge is 0.486 e. The minimum Gasteiger partial charge on any atom is -0.486 e. The Morgan fingerprint density at radius 2 is 2.22 bits per heavy atom. The summed E-state index contributed by atoms with van der Waals surface area (Å²) in [6.45, 7) is 2.61. The summed E-state index contributed by atoms with van der Waals surface area (Å²) >= 11 is 6.15. The van der Waals surface area contributed by atoms with Crippen LogP contribution < -0.4 is 20.1 Å². The molecule has 2 unspecified atom stereocenters. The van der Waals surface area contributed by atoms with Crippen molar-refractivity contribution in [1.29, 1.82) is 0 Å². The summed E-state index contributed by atoms with van der Waals surface area (Å²) in [4.78, 5) is 11.9. The Labute approximate surface area is 145 Å². The molecular weight excluding hydrogens is 343 g/mol. The standard InChI is InChI=1S/C15H19ClN2O4.ClH/c16-11-5-10(6-13-14(11)22-4-3-21-13)12(19)8-18-15(20)9-1-2-17-7-9;/h5-6,9,12,17,19H,1-4,7-8H2,(H,18,20);1H. The lowest BCUT2D eigenvalue weighted by atomic mass is 10.1. The van der Waals surface area contributed by atoms with Crippen molar-refractivity contribution in [2.45, 2.75) is 12.5 Å². The molecule has 1 aromatic rings. The van der Waals surface area contributed by atoms with Crippen molar-refractivity contribution in [3.8, 4) is 11.5 Å². The van der Waals surface area contributed by atoms with Crippen LogP contribution in [-0.2, 0) is 4.79 Å². The van der Waals surface area contributed by atoms with Crippen molar-refractivity contribution < 1.29 is 19.4 Å². The molecule has 1 saturated heterocycles. The van der Waals surface area contributed by atoms with E-state index in [0.717, 1.165) is 13.0 Å². The Balaban J connectivity index is 0.00000192. The topological polar surface area (TPSA) is 79.8 Å². The predicted octanol–water partition coefficient (Wildman–Crippen LogP) is 1.29. The van der Waals surface area contributed by atoms with Gasteiger partial charge in [-0.3, -0.25) is 4.79 Å². The van der Waals surface area contributed by atoms with Crippen molar-refractivity contribution in [3.05, 3.63) is 22.7 Å². The number of benzene rings is 1. The van der Waals surface area contributed by atoms with Crippen LogP contribution in [0.15, 0.2) is 12.1 Å². The van der Waals surface area contributed by atoms with Gasteiger partial charge in [0, 0.05) is 13.1 Å². The minimum atomic E-state index is -0.841. The van der Waals surface area contributed by atoms with Crippen LogP contribution in [0.2, 0.25) is 5.02 Å². The number of ether oxygens (including phenoxy) is 2. The van der Waals surface area contributed by atoms with Gasteiger partial charge in [0.05, 0.1) is 17.0 Å². The number of hydrogen-bond donors (Lipinski definition) is 3. The number of amides is 1. The van der Waals surface area contributed by atoms with Gasteiger partial charge >= 0.3 is 0 Å². The molecule has 2 heterocycles. The molecule has 1 amide bonds. The lowest BCUT2D eigenvalue weighted by Gasteiger charge is -2.22. The third-order valence-electron chi connectivity index (χ3n) is 3.90. The van der Waals surface area contributed by atoms with Crippen LogP contribution in [0.25, 0.3) is 0 Å². The zero-order valence-electron chi connectivity index (χ0n) is 12.5. The van der Waals surface area contributed by atoms with Crippen molar-refractivity contribution in [2.24, 2.45) is 5.92 Å². The third-order valence-corrected chi connectivity index (χ3v) is 4.19. The van der Waals surface area contributed by atoms with E-state index in [1.54, 1.807) is 12.1 Å². The van der Waals surface area contributed by atoms with Gasteiger partial charge in [0.1, 0.15) is 13.2 Å². The van der Waals surface area contributed by atoms with Crippen molar-refractivity contribution in [2.75, 3.05) is 32.8 Å². The average molecular weight is 363 g/mol. The highest BCUT2D eigenvalue weighted by molar-refractivity contribution is 6.32. The Morgan fingerprint density at radius 3 is 2.96 bits per heavy atom. The van der Waals surface area contributed by atoms with Crippen molar-refractivity contribution >= 4 is 29.9 Å². The molecule has 128 valence electrons. The first-order chi connectivity index (χ1) is 10.6. The summed E-state index contributed by atoms with van der Waals surface area (Å²) in [7, 11) is 0. The molecule has 0 spiro atoms. The summed E-state index contributed by atoms with van der Waals surface area (Å²) in [6, 6.07) is 3.34. The lowest BCUT2D eigenvalue weighted by molar-refractivity contribution is -0.124. The SMILES string of the molecule is Cl.O=C(NCC(O)c1cc(Cl)c2c(c1)OCCO2)C1CCNC1. The molecule has 2 aliphatic heterocycles. The zero-order valence-corrected chi connectivity index (χ0v) is 14.1. The highest BCUT2D eigenvalue weighted by Gasteiger charge is 2.24. The van der Waals surface area contributed by atoms with Gasteiger partial charge in [0.2, 0.25) is 5.91 Å².